The summed E-state index contributed by atoms with van der Waals surface area (Å²) in [7, 11) is 0. The summed E-state index contributed by atoms with van der Waals surface area (Å²) in [5.41, 5.74) is 13.7. The molecule has 0 unspecified atom stereocenters. The van der Waals surface area contributed by atoms with Crippen molar-refractivity contribution in [1.82, 2.24) is 4.57 Å². The molecule has 4 heterocycles. The third kappa shape index (κ3) is 4.43. The number of furan rings is 2. The lowest BCUT2D eigenvalue weighted by molar-refractivity contribution is 0.669. The van der Waals surface area contributed by atoms with Crippen LogP contribution in [0.5, 0.6) is 0 Å². The molecule has 270 valence electrons. The molecule has 0 saturated heterocycles. The van der Waals surface area contributed by atoms with Crippen LogP contribution in [0.25, 0.3) is 125 Å². The zero-order chi connectivity index (χ0) is 37.9. The minimum absolute atomic E-state index is 0.892. The van der Waals surface area contributed by atoms with Crippen molar-refractivity contribution in [2.24, 2.45) is 0 Å². The van der Waals surface area contributed by atoms with Gasteiger partial charge in [0.05, 0.1) is 11.0 Å². The highest BCUT2D eigenvalue weighted by molar-refractivity contribution is 7.26. The molecule has 13 rings (SSSR count). The molecule has 3 nitrogen and oxygen atoms in total. The summed E-state index contributed by atoms with van der Waals surface area (Å²) >= 11 is 1.87. The quantitative estimate of drug-likeness (QED) is 0.179. The fraction of sp³-hybridized carbons (Fsp3) is 0. The smallest absolute Gasteiger partial charge is 0.143 e. The maximum Gasteiger partial charge on any atom is 0.143 e. The van der Waals surface area contributed by atoms with Gasteiger partial charge in [-0.2, -0.15) is 0 Å². The summed E-state index contributed by atoms with van der Waals surface area (Å²) in [6, 6.07) is 67.7. The van der Waals surface area contributed by atoms with Crippen molar-refractivity contribution in [3.05, 3.63) is 188 Å². The number of hydrogen-bond donors (Lipinski definition) is 0. The summed E-state index contributed by atoms with van der Waals surface area (Å²) in [5, 5.41) is 9.45. The number of nitrogens with zero attached hydrogens (tertiary/aromatic N) is 1. The van der Waals surface area contributed by atoms with Crippen molar-refractivity contribution in [3.63, 3.8) is 0 Å². The fourth-order valence-corrected chi connectivity index (χ4v) is 10.7. The van der Waals surface area contributed by atoms with Crippen LogP contribution in [0, 0.1) is 0 Å². The molecule has 9 aromatic carbocycles. The fourth-order valence-electron chi connectivity index (χ4n) is 9.49. The largest absolute Gasteiger partial charge is 0.455 e. The van der Waals surface area contributed by atoms with Crippen LogP contribution in [0.1, 0.15) is 0 Å². The first-order valence-corrected chi connectivity index (χ1v) is 20.5. The van der Waals surface area contributed by atoms with E-state index in [-0.39, 0.29) is 0 Å². The van der Waals surface area contributed by atoms with Gasteiger partial charge in [-0.1, -0.05) is 158 Å². The van der Waals surface area contributed by atoms with Gasteiger partial charge >= 0.3 is 0 Å². The molecule has 0 N–H and O–H groups in total. The highest BCUT2D eigenvalue weighted by Crippen LogP contribution is 2.47. The Balaban J connectivity index is 1.11. The van der Waals surface area contributed by atoms with Crippen molar-refractivity contribution >= 4 is 97.2 Å². The van der Waals surface area contributed by atoms with E-state index in [1.165, 1.54) is 42.1 Å². The second kappa shape index (κ2) is 12.1. The molecule has 0 fully saturated rings. The average Bonchev–Trinajstić information content (AvgIpc) is 4.05. The van der Waals surface area contributed by atoms with E-state index in [0.29, 0.717) is 0 Å². The summed E-state index contributed by atoms with van der Waals surface area (Å²) in [4.78, 5) is 0. The van der Waals surface area contributed by atoms with E-state index < -0.39 is 0 Å². The van der Waals surface area contributed by atoms with Crippen LogP contribution >= 0.6 is 11.3 Å². The molecule has 0 spiro atoms. The Kier molecular flexibility index (Phi) is 6.60. The molecule has 13 aromatic rings. The van der Waals surface area contributed by atoms with Crippen LogP contribution < -0.4 is 0 Å². The monoisotopic (exact) mass is 757 g/mol. The molecule has 0 bridgehead atoms. The molecule has 0 saturated carbocycles. The number of thiophene rings is 1. The molecule has 0 aliphatic heterocycles. The lowest BCUT2D eigenvalue weighted by Crippen LogP contribution is -1.97. The van der Waals surface area contributed by atoms with Crippen molar-refractivity contribution in [2.75, 3.05) is 0 Å². The predicted molar refractivity (Wildman–Crippen MR) is 245 cm³/mol. The minimum atomic E-state index is 0.892. The lowest BCUT2D eigenvalue weighted by Gasteiger charge is -2.15. The van der Waals surface area contributed by atoms with Crippen LogP contribution in [0.3, 0.4) is 0 Å². The Morgan fingerprint density at radius 3 is 1.36 bits per heavy atom. The normalized spacial score (nSPS) is 12.1. The van der Waals surface area contributed by atoms with Crippen LogP contribution in [-0.2, 0) is 0 Å². The van der Waals surface area contributed by atoms with Gasteiger partial charge in [-0.25, -0.2) is 0 Å². The van der Waals surface area contributed by atoms with E-state index in [0.717, 1.165) is 82.9 Å². The van der Waals surface area contributed by atoms with E-state index in [2.05, 4.69) is 180 Å². The molecule has 0 aliphatic carbocycles. The summed E-state index contributed by atoms with van der Waals surface area (Å²) < 4.78 is 18.5. The Labute approximate surface area is 336 Å². The van der Waals surface area contributed by atoms with Crippen LogP contribution in [0.4, 0.5) is 0 Å². The first-order chi connectivity index (χ1) is 28.8. The van der Waals surface area contributed by atoms with Gasteiger partial charge in [0.2, 0.25) is 0 Å². The second-order valence-electron chi connectivity index (χ2n) is 15.1. The van der Waals surface area contributed by atoms with Gasteiger partial charge in [-0.05, 0) is 41.5 Å². The Bertz CT molecular complexity index is 3630. The maximum absolute atomic E-state index is 6.68. The molecule has 0 amide bonds. The summed E-state index contributed by atoms with van der Waals surface area (Å²) in [6.07, 6.45) is 0. The van der Waals surface area contributed by atoms with Crippen LogP contribution in [0.2, 0.25) is 0 Å². The van der Waals surface area contributed by atoms with E-state index in [1.807, 2.05) is 23.5 Å². The van der Waals surface area contributed by atoms with Crippen LogP contribution in [-0.4, -0.2) is 4.57 Å². The molecule has 0 atom stereocenters. The SMILES string of the molecule is c1ccc2c(c1)oc1c(-c3cccc4c5cccc(-c6cccc7c6oc6ccccc67)c5n(-c5ccc(-c6cccc7c6sc6ccccc67)cc5)c34)cccc12. The molecule has 0 aliphatic rings. The van der Waals surface area contributed by atoms with Gasteiger partial charge in [0.1, 0.15) is 22.3 Å². The lowest BCUT2D eigenvalue weighted by atomic mass is 9.98. The third-order valence-corrected chi connectivity index (χ3v) is 13.3. The standard InChI is InChI=1S/C54H31NO2S/c1-4-25-47-35(12-1)42-20-10-22-44(52(42)56-47)40-18-8-16-38-39-17-9-19-41(45-23-11-21-43-36-13-2-5-26-48(36)57-53(43)45)51(39)55(50(38)40)33-30-28-32(29-31-33)34-15-7-24-46-37-14-3-6-27-49(37)58-54(34)46/h1-31H. The second-order valence-corrected chi connectivity index (χ2v) is 16.2. The van der Waals surface area contributed by atoms with Gasteiger partial charge in [0, 0.05) is 80.4 Å². The Morgan fingerprint density at radius 1 is 0.328 bits per heavy atom. The van der Waals surface area contributed by atoms with Crippen molar-refractivity contribution in [1.29, 1.82) is 0 Å². The highest BCUT2D eigenvalue weighted by Gasteiger charge is 2.23. The van der Waals surface area contributed by atoms with Gasteiger partial charge < -0.3 is 13.4 Å². The number of benzene rings is 9. The molecule has 0 radical (unpaired) electrons. The third-order valence-electron chi connectivity index (χ3n) is 12.0. The van der Waals surface area contributed by atoms with Gasteiger partial charge in [0.15, 0.2) is 0 Å². The zero-order valence-corrected chi connectivity index (χ0v) is 31.9. The molecular formula is C54H31NO2S. The Hall–Kier alpha value is -7.40. The van der Waals surface area contributed by atoms with E-state index in [9.17, 15) is 0 Å². The Morgan fingerprint density at radius 2 is 0.776 bits per heavy atom. The molecule has 4 heteroatoms. The topological polar surface area (TPSA) is 31.2 Å². The predicted octanol–water partition coefficient (Wildman–Crippen LogP) is 16.0. The number of fused-ring (bicyclic) bond motifs is 12. The summed E-state index contributed by atoms with van der Waals surface area (Å²) in [6.45, 7) is 0. The highest BCUT2D eigenvalue weighted by atomic mass is 32.1. The number of hydrogen-bond acceptors (Lipinski definition) is 3. The first kappa shape index (κ1) is 31.8. The molecule has 58 heavy (non-hydrogen) atoms. The van der Waals surface area contributed by atoms with Crippen molar-refractivity contribution < 1.29 is 8.83 Å². The van der Waals surface area contributed by atoms with E-state index >= 15 is 0 Å². The molecule has 4 aromatic heterocycles. The zero-order valence-electron chi connectivity index (χ0n) is 31.1. The number of aromatic nitrogens is 1. The number of para-hydroxylation sites is 6. The number of rotatable bonds is 4. The minimum Gasteiger partial charge on any atom is -0.455 e. The van der Waals surface area contributed by atoms with E-state index in [4.69, 9.17) is 8.83 Å². The summed E-state index contributed by atoms with van der Waals surface area (Å²) in [5.74, 6) is 0. The van der Waals surface area contributed by atoms with Gasteiger partial charge in [0.25, 0.3) is 0 Å². The average molecular weight is 758 g/mol. The first-order valence-electron chi connectivity index (χ1n) is 19.7. The van der Waals surface area contributed by atoms with E-state index in [1.54, 1.807) is 0 Å². The van der Waals surface area contributed by atoms with Crippen LogP contribution in [0.15, 0.2) is 197 Å². The van der Waals surface area contributed by atoms with Gasteiger partial charge in [-0.15, -0.1) is 11.3 Å². The molecular weight excluding hydrogens is 727 g/mol. The van der Waals surface area contributed by atoms with Gasteiger partial charge in [-0.3, -0.25) is 0 Å². The van der Waals surface area contributed by atoms with Crippen molar-refractivity contribution in [3.8, 4) is 39.1 Å². The van der Waals surface area contributed by atoms with Crippen molar-refractivity contribution in [2.45, 2.75) is 0 Å². The maximum atomic E-state index is 6.68.